The fraction of sp³-hybridized carbons (Fsp3) is 0.125. The van der Waals surface area contributed by atoms with Gasteiger partial charge < -0.3 is 5.32 Å². The van der Waals surface area contributed by atoms with E-state index in [1.807, 2.05) is 24.3 Å². The van der Waals surface area contributed by atoms with Crippen molar-refractivity contribution in [1.29, 1.82) is 0 Å². The van der Waals surface area contributed by atoms with E-state index in [4.69, 9.17) is 11.6 Å². The minimum Gasteiger partial charge on any atom is -0.362 e. The van der Waals surface area contributed by atoms with Crippen molar-refractivity contribution < 1.29 is 0 Å². The highest BCUT2D eigenvalue weighted by atomic mass is 35.5. The second-order valence-electron chi connectivity index (χ2n) is 4.64. The number of nitrogens with one attached hydrogen (secondary N) is 1. The number of halogens is 1. The lowest BCUT2D eigenvalue weighted by molar-refractivity contribution is 0.880. The predicted octanol–water partition coefficient (Wildman–Crippen LogP) is 4.46. The van der Waals surface area contributed by atoms with Crippen LogP contribution in [0.3, 0.4) is 0 Å². The molecule has 20 heavy (non-hydrogen) atoms. The summed E-state index contributed by atoms with van der Waals surface area (Å²) in [5, 5.41) is 6.35. The highest BCUT2D eigenvalue weighted by Gasteiger charge is 2.11. The predicted molar refractivity (Wildman–Crippen MR) is 83.0 cm³/mol. The number of hydrogen-bond acceptors (Lipinski definition) is 3. The molecule has 0 aliphatic carbocycles. The fourth-order valence-electron chi connectivity index (χ4n) is 2.34. The summed E-state index contributed by atoms with van der Waals surface area (Å²) in [5.74, 6) is 0.763. The molecule has 2 aromatic carbocycles. The lowest BCUT2D eigenvalue weighted by atomic mass is 9.99. The van der Waals surface area contributed by atoms with Crippen molar-refractivity contribution in [2.24, 2.45) is 0 Å². The van der Waals surface area contributed by atoms with E-state index in [-0.39, 0.29) is 6.04 Å². The van der Waals surface area contributed by atoms with Crippen molar-refractivity contribution in [3.05, 3.63) is 65.6 Å². The number of rotatable bonds is 3. The van der Waals surface area contributed by atoms with Crippen LogP contribution in [0, 0.1) is 0 Å². The van der Waals surface area contributed by atoms with Crippen molar-refractivity contribution in [3.63, 3.8) is 0 Å². The highest BCUT2D eigenvalue weighted by Crippen LogP contribution is 2.30. The molecule has 0 bridgehead atoms. The topological polar surface area (TPSA) is 37.8 Å². The van der Waals surface area contributed by atoms with Gasteiger partial charge in [-0.25, -0.2) is 4.98 Å². The first-order valence-corrected chi connectivity index (χ1v) is 6.83. The van der Waals surface area contributed by atoms with Crippen LogP contribution in [0.5, 0.6) is 0 Å². The second kappa shape index (κ2) is 5.47. The SMILES string of the molecule is CC(Nc1cnccn1)c1ccc(Cl)c2ccccc12. The van der Waals surface area contributed by atoms with E-state index in [1.165, 1.54) is 5.56 Å². The van der Waals surface area contributed by atoms with Crippen LogP contribution in [-0.4, -0.2) is 9.97 Å². The number of hydrogen-bond donors (Lipinski definition) is 1. The van der Waals surface area contributed by atoms with E-state index in [1.54, 1.807) is 18.6 Å². The van der Waals surface area contributed by atoms with Gasteiger partial charge in [0.05, 0.1) is 12.2 Å². The first-order valence-electron chi connectivity index (χ1n) is 6.45. The second-order valence-corrected chi connectivity index (χ2v) is 5.05. The number of anilines is 1. The quantitative estimate of drug-likeness (QED) is 0.771. The largest absolute Gasteiger partial charge is 0.362 e. The molecule has 1 heterocycles. The normalized spacial score (nSPS) is 12.3. The standard InChI is InChI=1S/C16H14ClN3/c1-11(20-16-10-18-8-9-19-16)12-6-7-15(17)14-5-3-2-4-13(12)14/h2-11H,1H3,(H,19,20). The van der Waals surface area contributed by atoms with Gasteiger partial charge in [0.1, 0.15) is 5.82 Å². The zero-order chi connectivity index (χ0) is 13.9. The van der Waals surface area contributed by atoms with Crippen LogP contribution < -0.4 is 5.32 Å². The van der Waals surface area contributed by atoms with Gasteiger partial charge in [-0.2, -0.15) is 0 Å². The van der Waals surface area contributed by atoms with Gasteiger partial charge in [0, 0.05) is 22.8 Å². The minimum absolute atomic E-state index is 0.119. The molecule has 3 aromatic rings. The lowest BCUT2D eigenvalue weighted by Gasteiger charge is -2.17. The maximum Gasteiger partial charge on any atom is 0.144 e. The highest BCUT2D eigenvalue weighted by molar-refractivity contribution is 6.35. The maximum atomic E-state index is 6.25. The molecule has 1 atom stereocenters. The van der Waals surface area contributed by atoms with Crippen LogP contribution in [0.1, 0.15) is 18.5 Å². The molecule has 3 rings (SSSR count). The molecule has 0 aliphatic rings. The Kier molecular flexibility index (Phi) is 3.52. The van der Waals surface area contributed by atoms with Gasteiger partial charge in [0.25, 0.3) is 0 Å². The van der Waals surface area contributed by atoms with Gasteiger partial charge in [-0.1, -0.05) is 41.9 Å². The van der Waals surface area contributed by atoms with E-state index >= 15 is 0 Å². The van der Waals surface area contributed by atoms with Gasteiger partial charge in [0.15, 0.2) is 0 Å². The lowest BCUT2D eigenvalue weighted by Crippen LogP contribution is -2.08. The van der Waals surface area contributed by atoms with E-state index < -0.39 is 0 Å². The number of aromatic nitrogens is 2. The summed E-state index contributed by atoms with van der Waals surface area (Å²) in [4.78, 5) is 8.30. The molecule has 3 nitrogen and oxygen atoms in total. The summed E-state index contributed by atoms with van der Waals surface area (Å²) < 4.78 is 0. The van der Waals surface area contributed by atoms with Crippen LogP contribution >= 0.6 is 11.6 Å². The number of fused-ring (bicyclic) bond motifs is 1. The molecular formula is C16H14ClN3. The third-order valence-corrected chi connectivity index (χ3v) is 3.63. The van der Waals surface area contributed by atoms with Crippen molar-refractivity contribution in [2.45, 2.75) is 13.0 Å². The molecule has 0 aliphatic heterocycles. The zero-order valence-electron chi connectivity index (χ0n) is 11.0. The summed E-state index contributed by atoms with van der Waals surface area (Å²) in [6, 6.07) is 12.3. The molecule has 0 spiro atoms. The van der Waals surface area contributed by atoms with Crippen molar-refractivity contribution in [1.82, 2.24) is 9.97 Å². The van der Waals surface area contributed by atoms with Gasteiger partial charge >= 0.3 is 0 Å². The van der Waals surface area contributed by atoms with Gasteiger partial charge in [-0.15, -0.1) is 0 Å². The third kappa shape index (κ3) is 2.45. The summed E-state index contributed by atoms with van der Waals surface area (Å²) in [7, 11) is 0. The molecule has 1 aromatic heterocycles. The Morgan fingerprint density at radius 2 is 1.85 bits per heavy atom. The summed E-state index contributed by atoms with van der Waals surface area (Å²) in [6.45, 7) is 2.10. The first-order chi connectivity index (χ1) is 9.75. The Bertz CT molecular complexity index is 728. The number of nitrogens with zero attached hydrogens (tertiary/aromatic N) is 2. The third-order valence-electron chi connectivity index (χ3n) is 3.30. The van der Waals surface area contributed by atoms with Crippen molar-refractivity contribution in [3.8, 4) is 0 Å². The molecule has 4 heteroatoms. The first kappa shape index (κ1) is 12.9. The average molecular weight is 284 g/mol. The summed E-state index contributed by atoms with van der Waals surface area (Å²) >= 11 is 6.25. The van der Waals surface area contributed by atoms with Crippen molar-refractivity contribution >= 4 is 28.2 Å². The monoisotopic (exact) mass is 283 g/mol. The minimum atomic E-state index is 0.119. The molecule has 0 radical (unpaired) electrons. The summed E-state index contributed by atoms with van der Waals surface area (Å²) in [6.07, 6.45) is 5.05. The van der Waals surface area contributed by atoms with Crippen LogP contribution in [0.4, 0.5) is 5.82 Å². The molecule has 0 saturated heterocycles. The Labute approximate surface area is 122 Å². The molecule has 1 unspecified atom stereocenters. The fourth-order valence-corrected chi connectivity index (χ4v) is 2.56. The Hall–Kier alpha value is -2.13. The number of benzene rings is 2. The molecule has 1 N–H and O–H groups in total. The molecule has 0 fully saturated rings. The molecule has 0 amide bonds. The van der Waals surface area contributed by atoms with E-state index in [0.29, 0.717) is 0 Å². The van der Waals surface area contributed by atoms with Gasteiger partial charge in [-0.05, 0) is 23.9 Å². The maximum absolute atomic E-state index is 6.25. The van der Waals surface area contributed by atoms with E-state index in [9.17, 15) is 0 Å². The zero-order valence-corrected chi connectivity index (χ0v) is 11.8. The Balaban J connectivity index is 2.00. The van der Waals surface area contributed by atoms with E-state index in [2.05, 4.69) is 34.3 Å². The van der Waals surface area contributed by atoms with Gasteiger partial charge in [0.2, 0.25) is 0 Å². The summed E-state index contributed by atoms with van der Waals surface area (Å²) in [5.41, 5.74) is 1.19. The van der Waals surface area contributed by atoms with Crippen LogP contribution in [-0.2, 0) is 0 Å². The van der Waals surface area contributed by atoms with E-state index in [0.717, 1.165) is 21.6 Å². The van der Waals surface area contributed by atoms with Crippen molar-refractivity contribution in [2.75, 3.05) is 5.32 Å². The van der Waals surface area contributed by atoms with Crippen LogP contribution in [0.25, 0.3) is 10.8 Å². The smallest absolute Gasteiger partial charge is 0.144 e. The molecule has 100 valence electrons. The Morgan fingerprint density at radius 3 is 2.60 bits per heavy atom. The average Bonchev–Trinajstić information content (AvgIpc) is 2.49. The van der Waals surface area contributed by atoms with Gasteiger partial charge in [-0.3, -0.25) is 4.98 Å². The molecule has 0 saturated carbocycles. The molecular weight excluding hydrogens is 270 g/mol. The van der Waals surface area contributed by atoms with Crippen LogP contribution in [0.15, 0.2) is 55.0 Å². The van der Waals surface area contributed by atoms with Crippen LogP contribution in [0.2, 0.25) is 5.02 Å². The Morgan fingerprint density at radius 1 is 1.05 bits per heavy atom.